The minimum Gasteiger partial charge on any atom is -0.388 e. The third-order valence-electron chi connectivity index (χ3n) is 3.83. The average molecular weight is 296 g/mol. The van der Waals surface area contributed by atoms with Crippen LogP contribution < -0.4 is 10.6 Å². The van der Waals surface area contributed by atoms with Crippen molar-refractivity contribution in [1.82, 2.24) is 10.6 Å². The van der Waals surface area contributed by atoms with E-state index in [-0.39, 0.29) is 6.03 Å². The van der Waals surface area contributed by atoms with Crippen LogP contribution in [0.15, 0.2) is 12.1 Å². The monoisotopic (exact) mass is 296 g/mol. The van der Waals surface area contributed by atoms with E-state index in [0.29, 0.717) is 13.1 Å². The second kappa shape index (κ2) is 7.09. The van der Waals surface area contributed by atoms with Crippen LogP contribution in [0.2, 0.25) is 0 Å². The summed E-state index contributed by atoms with van der Waals surface area (Å²) >= 11 is 1.69. The summed E-state index contributed by atoms with van der Waals surface area (Å²) in [5, 5.41) is 16.1. The van der Waals surface area contributed by atoms with E-state index in [1.165, 1.54) is 17.7 Å². The number of hydrogen-bond acceptors (Lipinski definition) is 3. The van der Waals surface area contributed by atoms with E-state index in [9.17, 15) is 9.90 Å². The molecule has 2 amide bonds. The Labute approximate surface area is 124 Å². The molecule has 1 fully saturated rings. The minimum atomic E-state index is -0.715. The lowest BCUT2D eigenvalue weighted by Crippen LogP contribution is -2.46. The Balaban J connectivity index is 1.71. The summed E-state index contributed by atoms with van der Waals surface area (Å²) in [6.45, 7) is 2.95. The molecule has 0 spiro atoms. The number of thiophene rings is 1. The van der Waals surface area contributed by atoms with Crippen molar-refractivity contribution in [3.63, 3.8) is 0 Å². The third kappa shape index (κ3) is 4.80. The summed E-state index contributed by atoms with van der Waals surface area (Å²) in [6.07, 6.45) is 6.05. The van der Waals surface area contributed by atoms with Crippen LogP contribution in [0.1, 0.15) is 48.3 Å². The number of nitrogens with one attached hydrogen (secondary N) is 2. The number of carbonyl (C=O) groups excluding carboxylic acids is 1. The number of urea groups is 1. The highest BCUT2D eigenvalue weighted by Gasteiger charge is 2.28. The summed E-state index contributed by atoms with van der Waals surface area (Å²) in [5.41, 5.74) is -0.715. The van der Waals surface area contributed by atoms with Gasteiger partial charge in [-0.15, -0.1) is 11.3 Å². The van der Waals surface area contributed by atoms with Gasteiger partial charge in [0, 0.05) is 16.3 Å². The van der Waals surface area contributed by atoms with Crippen molar-refractivity contribution < 1.29 is 9.90 Å². The van der Waals surface area contributed by atoms with Gasteiger partial charge in [0.2, 0.25) is 0 Å². The van der Waals surface area contributed by atoms with Crippen molar-refractivity contribution in [2.45, 2.75) is 57.6 Å². The van der Waals surface area contributed by atoms with E-state index in [1.54, 1.807) is 11.3 Å². The van der Waals surface area contributed by atoms with Crippen molar-refractivity contribution in [2.24, 2.45) is 0 Å². The van der Waals surface area contributed by atoms with Crippen LogP contribution in [0, 0.1) is 6.92 Å². The molecule has 0 radical (unpaired) electrons. The fraction of sp³-hybridized carbons (Fsp3) is 0.667. The number of rotatable bonds is 4. The quantitative estimate of drug-likeness (QED) is 0.748. The van der Waals surface area contributed by atoms with Crippen LogP contribution in [-0.4, -0.2) is 23.3 Å². The van der Waals surface area contributed by atoms with Crippen molar-refractivity contribution in [1.29, 1.82) is 0 Å². The lowest BCUT2D eigenvalue weighted by Gasteiger charge is -2.26. The molecule has 1 heterocycles. The number of amides is 2. The molecule has 0 atom stereocenters. The molecule has 1 aliphatic carbocycles. The SMILES string of the molecule is Cc1ccc(CNC(=O)NCC2(O)CCCCCC2)s1. The summed E-state index contributed by atoms with van der Waals surface area (Å²) < 4.78 is 0. The molecule has 0 aliphatic heterocycles. The van der Waals surface area contributed by atoms with Crippen LogP contribution in [0.5, 0.6) is 0 Å². The number of carbonyl (C=O) groups is 1. The second-order valence-corrected chi connectivity index (χ2v) is 7.06. The Morgan fingerprint density at radius 2 is 1.95 bits per heavy atom. The zero-order valence-corrected chi connectivity index (χ0v) is 12.9. The van der Waals surface area contributed by atoms with E-state index >= 15 is 0 Å². The van der Waals surface area contributed by atoms with Gasteiger partial charge in [0.05, 0.1) is 12.1 Å². The third-order valence-corrected chi connectivity index (χ3v) is 4.83. The van der Waals surface area contributed by atoms with Crippen molar-refractivity contribution in [3.8, 4) is 0 Å². The fourth-order valence-corrected chi connectivity index (χ4v) is 3.45. The van der Waals surface area contributed by atoms with Crippen molar-refractivity contribution in [2.75, 3.05) is 6.54 Å². The van der Waals surface area contributed by atoms with Gasteiger partial charge >= 0.3 is 6.03 Å². The number of aryl methyl sites for hydroxylation is 1. The average Bonchev–Trinajstić information content (AvgIpc) is 2.71. The van der Waals surface area contributed by atoms with Gasteiger partial charge in [0.1, 0.15) is 0 Å². The summed E-state index contributed by atoms with van der Waals surface area (Å²) in [5.74, 6) is 0. The lowest BCUT2D eigenvalue weighted by atomic mass is 9.95. The summed E-state index contributed by atoms with van der Waals surface area (Å²) in [6, 6.07) is 3.88. The van der Waals surface area contributed by atoms with Gasteiger partial charge in [-0.05, 0) is 31.9 Å². The minimum absolute atomic E-state index is 0.200. The Morgan fingerprint density at radius 3 is 2.55 bits per heavy atom. The standard InChI is InChI=1S/C15H24N2O2S/c1-12-6-7-13(20-12)10-16-14(18)17-11-15(19)8-4-2-3-5-9-15/h6-7,19H,2-5,8-11H2,1H3,(H2,16,17,18). The lowest BCUT2D eigenvalue weighted by molar-refractivity contribution is 0.0277. The number of hydrogen-bond donors (Lipinski definition) is 3. The Morgan fingerprint density at radius 1 is 1.25 bits per heavy atom. The van der Waals surface area contributed by atoms with Gasteiger partial charge in [-0.3, -0.25) is 0 Å². The largest absolute Gasteiger partial charge is 0.388 e. The van der Waals surface area contributed by atoms with E-state index < -0.39 is 5.60 Å². The molecule has 3 N–H and O–H groups in total. The van der Waals surface area contributed by atoms with Gasteiger partial charge in [-0.1, -0.05) is 25.7 Å². The molecule has 4 nitrogen and oxygen atoms in total. The molecule has 2 rings (SSSR count). The van der Waals surface area contributed by atoms with Gasteiger partial charge in [0.15, 0.2) is 0 Å². The topological polar surface area (TPSA) is 61.4 Å². The molecule has 1 aromatic rings. The van der Waals surface area contributed by atoms with E-state index in [1.807, 2.05) is 12.1 Å². The summed E-state index contributed by atoms with van der Waals surface area (Å²) in [7, 11) is 0. The smallest absolute Gasteiger partial charge is 0.315 e. The first kappa shape index (κ1) is 15.3. The Kier molecular flexibility index (Phi) is 5.43. The van der Waals surface area contributed by atoms with Crippen molar-refractivity contribution >= 4 is 17.4 Å². The van der Waals surface area contributed by atoms with E-state index in [2.05, 4.69) is 17.6 Å². The van der Waals surface area contributed by atoms with Crippen LogP contribution in [0.3, 0.4) is 0 Å². The van der Waals surface area contributed by atoms with E-state index in [4.69, 9.17) is 0 Å². The molecule has 20 heavy (non-hydrogen) atoms. The normalized spacial score (nSPS) is 18.3. The fourth-order valence-electron chi connectivity index (χ4n) is 2.62. The van der Waals surface area contributed by atoms with Crippen molar-refractivity contribution in [3.05, 3.63) is 21.9 Å². The van der Waals surface area contributed by atoms with Crippen LogP contribution >= 0.6 is 11.3 Å². The van der Waals surface area contributed by atoms with Gasteiger partial charge in [-0.25, -0.2) is 4.79 Å². The highest BCUT2D eigenvalue weighted by Crippen LogP contribution is 2.26. The first-order valence-electron chi connectivity index (χ1n) is 7.37. The molecule has 112 valence electrons. The van der Waals surface area contributed by atoms with Crippen LogP contribution in [-0.2, 0) is 6.54 Å². The first-order valence-corrected chi connectivity index (χ1v) is 8.18. The van der Waals surface area contributed by atoms with Crippen LogP contribution in [0.4, 0.5) is 4.79 Å². The zero-order chi connectivity index (χ0) is 14.4. The van der Waals surface area contributed by atoms with E-state index in [0.717, 1.165) is 30.6 Å². The molecular formula is C15H24N2O2S. The molecule has 0 saturated heterocycles. The Bertz CT molecular complexity index is 437. The molecule has 0 aromatic carbocycles. The highest BCUT2D eigenvalue weighted by molar-refractivity contribution is 7.11. The first-order chi connectivity index (χ1) is 9.57. The maximum Gasteiger partial charge on any atom is 0.315 e. The maximum absolute atomic E-state index is 11.8. The Hall–Kier alpha value is -1.07. The number of aliphatic hydroxyl groups is 1. The van der Waals surface area contributed by atoms with Gasteiger partial charge in [0.25, 0.3) is 0 Å². The molecule has 0 bridgehead atoms. The molecule has 5 heteroatoms. The molecule has 1 saturated carbocycles. The zero-order valence-electron chi connectivity index (χ0n) is 12.1. The maximum atomic E-state index is 11.8. The highest BCUT2D eigenvalue weighted by atomic mass is 32.1. The van der Waals surface area contributed by atoms with Gasteiger partial charge in [-0.2, -0.15) is 0 Å². The molecule has 1 aromatic heterocycles. The molecule has 1 aliphatic rings. The van der Waals surface area contributed by atoms with Crippen LogP contribution in [0.25, 0.3) is 0 Å². The predicted molar refractivity (Wildman–Crippen MR) is 81.9 cm³/mol. The molecule has 0 unspecified atom stereocenters. The molecular weight excluding hydrogens is 272 g/mol. The second-order valence-electron chi connectivity index (χ2n) is 5.69. The predicted octanol–water partition coefficient (Wildman–Crippen LogP) is 2.94. The summed E-state index contributed by atoms with van der Waals surface area (Å²) in [4.78, 5) is 14.2. The van der Waals surface area contributed by atoms with Gasteiger partial charge < -0.3 is 15.7 Å².